The first kappa shape index (κ1) is 13.7. The Bertz CT molecular complexity index is 223. The lowest BCUT2D eigenvalue weighted by atomic mass is 9.88. The largest absolute Gasteiger partial charge is 0.364 e. The van der Waals surface area contributed by atoms with Crippen LogP contribution in [0.5, 0.6) is 0 Å². The molecule has 16 heavy (non-hydrogen) atoms. The molecule has 0 bridgehead atoms. The summed E-state index contributed by atoms with van der Waals surface area (Å²) in [5, 5.41) is 0. The minimum atomic E-state index is -0.440. The molecule has 1 aliphatic rings. The van der Waals surface area contributed by atoms with E-state index in [0.717, 1.165) is 38.5 Å². The van der Waals surface area contributed by atoms with Crippen molar-refractivity contribution in [2.45, 2.75) is 77.9 Å². The van der Waals surface area contributed by atoms with Crippen molar-refractivity contribution in [1.82, 2.24) is 0 Å². The SMILES string of the molecule is CCC(CC)OC1(C(=O)C(C)C)CCCC1. The van der Waals surface area contributed by atoms with Crippen molar-refractivity contribution in [3.8, 4) is 0 Å². The molecule has 0 aromatic carbocycles. The van der Waals surface area contributed by atoms with Crippen LogP contribution in [0.4, 0.5) is 0 Å². The van der Waals surface area contributed by atoms with Gasteiger partial charge in [0.15, 0.2) is 5.78 Å². The van der Waals surface area contributed by atoms with Gasteiger partial charge in [-0.1, -0.05) is 27.7 Å². The Balaban J connectivity index is 2.76. The van der Waals surface area contributed by atoms with Gasteiger partial charge in [-0.2, -0.15) is 0 Å². The summed E-state index contributed by atoms with van der Waals surface area (Å²) in [6.07, 6.45) is 6.40. The molecular weight excluding hydrogens is 200 g/mol. The minimum absolute atomic E-state index is 0.0902. The maximum atomic E-state index is 12.3. The zero-order chi connectivity index (χ0) is 12.2. The van der Waals surface area contributed by atoms with Crippen molar-refractivity contribution in [2.75, 3.05) is 0 Å². The molecule has 2 nitrogen and oxygen atoms in total. The molecule has 0 amide bonds. The first-order chi connectivity index (χ1) is 7.55. The molecule has 0 unspecified atom stereocenters. The molecule has 0 heterocycles. The monoisotopic (exact) mass is 226 g/mol. The molecule has 0 aliphatic heterocycles. The lowest BCUT2D eigenvalue weighted by Gasteiger charge is -2.33. The van der Waals surface area contributed by atoms with Gasteiger partial charge in [0.05, 0.1) is 6.10 Å². The molecule has 0 N–H and O–H groups in total. The second-order valence-corrected chi connectivity index (χ2v) is 5.28. The summed E-state index contributed by atoms with van der Waals surface area (Å²) < 4.78 is 6.17. The number of rotatable bonds is 6. The highest BCUT2D eigenvalue weighted by molar-refractivity contribution is 5.89. The lowest BCUT2D eigenvalue weighted by Crippen LogP contribution is -2.44. The molecule has 0 aromatic heterocycles. The molecule has 1 aliphatic carbocycles. The van der Waals surface area contributed by atoms with E-state index < -0.39 is 5.60 Å². The Hall–Kier alpha value is -0.370. The number of carbonyl (C=O) groups excluding carboxylic acids is 1. The highest BCUT2D eigenvalue weighted by Crippen LogP contribution is 2.37. The topological polar surface area (TPSA) is 26.3 Å². The van der Waals surface area contributed by atoms with Gasteiger partial charge in [-0.15, -0.1) is 0 Å². The molecule has 2 heteroatoms. The lowest BCUT2D eigenvalue weighted by molar-refractivity contribution is -0.156. The molecule has 0 spiro atoms. The van der Waals surface area contributed by atoms with Crippen LogP contribution in [-0.2, 0) is 9.53 Å². The Morgan fingerprint density at radius 3 is 2.06 bits per heavy atom. The first-order valence-corrected chi connectivity index (χ1v) is 6.78. The van der Waals surface area contributed by atoms with Crippen LogP contribution in [0.3, 0.4) is 0 Å². The van der Waals surface area contributed by atoms with Crippen molar-refractivity contribution in [2.24, 2.45) is 5.92 Å². The minimum Gasteiger partial charge on any atom is -0.364 e. The van der Waals surface area contributed by atoms with Crippen molar-refractivity contribution in [1.29, 1.82) is 0 Å². The quantitative estimate of drug-likeness (QED) is 0.690. The highest BCUT2D eigenvalue weighted by Gasteiger charge is 2.44. The fourth-order valence-electron chi connectivity index (χ4n) is 2.67. The normalized spacial score (nSPS) is 19.6. The fourth-order valence-corrected chi connectivity index (χ4v) is 2.67. The van der Waals surface area contributed by atoms with E-state index in [-0.39, 0.29) is 12.0 Å². The van der Waals surface area contributed by atoms with Crippen LogP contribution in [0, 0.1) is 5.92 Å². The van der Waals surface area contributed by atoms with Crippen LogP contribution in [0.25, 0.3) is 0 Å². The molecule has 94 valence electrons. The van der Waals surface area contributed by atoms with Crippen LogP contribution in [-0.4, -0.2) is 17.5 Å². The van der Waals surface area contributed by atoms with Crippen molar-refractivity contribution >= 4 is 5.78 Å². The van der Waals surface area contributed by atoms with Crippen LogP contribution in [0.15, 0.2) is 0 Å². The van der Waals surface area contributed by atoms with Gasteiger partial charge in [0.1, 0.15) is 5.60 Å². The number of ether oxygens (including phenoxy) is 1. The molecule has 0 saturated heterocycles. The van der Waals surface area contributed by atoms with Gasteiger partial charge in [-0.05, 0) is 38.5 Å². The van der Waals surface area contributed by atoms with Crippen molar-refractivity contribution in [3.63, 3.8) is 0 Å². The second-order valence-electron chi connectivity index (χ2n) is 5.28. The molecular formula is C14H26O2. The maximum absolute atomic E-state index is 12.3. The van der Waals surface area contributed by atoms with Gasteiger partial charge in [-0.25, -0.2) is 0 Å². The summed E-state index contributed by atoms with van der Waals surface area (Å²) >= 11 is 0. The van der Waals surface area contributed by atoms with E-state index in [2.05, 4.69) is 13.8 Å². The Kier molecular flexibility index (Phi) is 4.97. The van der Waals surface area contributed by atoms with Crippen LogP contribution >= 0.6 is 0 Å². The summed E-state index contributed by atoms with van der Waals surface area (Å²) in [6.45, 7) is 8.24. The average Bonchev–Trinajstić information content (AvgIpc) is 2.74. The zero-order valence-corrected chi connectivity index (χ0v) is 11.2. The van der Waals surface area contributed by atoms with Crippen LogP contribution in [0.2, 0.25) is 0 Å². The number of ketones is 1. The van der Waals surface area contributed by atoms with E-state index in [0.29, 0.717) is 5.78 Å². The molecule has 0 radical (unpaired) electrons. The van der Waals surface area contributed by atoms with E-state index in [1.807, 2.05) is 13.8 Å². The predicted molar refractivity (Wildman–Crippen MR) is 66.5 cm³/mol. The van der Waals surface area contributed by atoms with E-state index in [1.54, 1.807) is 0 Å². The standard InChI is InChI=1S/C14H26O2/c1-5-12(6-2)16-14(9-7-8-10-14)13(15)11(3)4/h11-12H,5-10H2,1-4H3. The molecule has 1 rings (SSSR count). The predicted octanol–water partition coefficient (Wildman–Crippen LogP) is 3.73. The van der Waals surface area contributed by atoms with E-state index >= 15 is 0 Å². The smallest absolute Gasteiger partial charge is 0.167 e. The summed E-state index contributed by atoms with van der Waals surface area (Å²) in [5.74, 6) is 0.407. The van der Waals surface area contributed by atoms with Crippen molar-refractivity contribution < 1.29 is 9.53 Å². The first-order valence-electron chi connectivity index (χ1n) is 6.78. The summed E-state index contributed by atoms with van der Waals surface area (Å²) in [5.41, 5.74) is -0.440. The number of hydrogen-bond donors (Lipinski definition) is 0. The van der Waals surface area contributed by atoms with Crippen LogP contribution in [0.1, 0.15) is 66.2 Å². The van der Waals surface area contributed by atoms with Crippen LogP contribution < -0.4 is 0 Å². The number of Topliss-reactive ketones (excluding diaryl/α,β-unsaturated/α-hetero) is 1. The third kappa shape index (κ3) is 2.85. The Morgan fingerprint density at radius 1 is 1.19 bits per heavy atom. The molecule has 1 fully saturated rings. The number of carbonyl (C=O) groups is 1. The fraction of sp³-hybridized carbons (Fsp3) is 0.929. The van der Waals surface area contributed by atoms with E-state index in [1.165, 1.54) is 0 Å². The van der Waals surface area contributed by atoms with Gasteiger partial charge in [0, 0.05) is 5.92 Å². The third-order valence-electron chi connectivity index (χ3n) is 3.69. The van der Waals surface area contributed by atoms with Gasteiger partial charge in [0.2, 0.25) is 0 Å². The summed E-state index contributed by atoms with van der Waals surface area (Å²) in [7, 11) is 0. The van der Waals surface area contributed by atoms with Crippen molar-refractivity contribution in [3.05, 3.63) is 0 Å². The highest BCUT2D eigenvalue weighted by atomic mass is 16.5. The van der Waals surface area contributed by atoms with Gasteiger partial charge < -0.3 is 4.74 Å². The summed E-state index contributed by atoms with van der Waals surface area (Å²) in [4.78, 5) is 12.3. The van der Waals surface area contributed by atoms with Gasteiger partial charge in [0.25, 0.3) is 0 Å². The second kappa shape index (κ2) is 5.81. The average molecular weight is 226 g/mol. The van der Waals surface area contributed by atoms with E-state index in [9.17, 15) is 4.79 Å². The Morgan fingerprint density at radius 2 is 1.69 bits per heavy atom. The van der Waals surface area contributed by atoms with Gasteiger partial charge >= 0.3 is 0 Å². The third-order valence-corrected chi connectivity index (χ3v) is 3.69. The zero-order valence-electron chi connectivity index (χ0n) is 11.2. The molecule has 0 atom stereocenters. The molecule has 0 aromatic rings. The summed E-state index contributed by atoms with van der Waals surface area (Å²) in [6, 6.07) is 0. The maximum Gasteiger partial charge on any atom is 0.167 e. The van der Waals surface area contributed by atoms with E-state index in [4.69, 9.17) is 4.74 Å². The number of hydrogen-bond acceptors (Lipinski definition) is 2. The molecule has 1 saturated carbocycles. The van der Waals surface area contributed by atoms with Gasteiger partial charge in [-0.3, -0.25) is 4.79 Å². The Labute approximate surface area is 99.8 Å².